The largest absolute Gasteiger partial charge is 0.361 e. The Balaban J connectivity index is 2.26. The Morgan fingerprint density at radius 3 is 2.57 bits per heavy atom. The summed E-state index contributed by atoms with van der Waals surface area (Å²) in [5, 5.41) is 14.4. The van der Waals surface area contributed by atoms with Gasteiger partial charge in [0.15, 0.2) is 0 Å². The van der Waals surface area contributed by atoms with Crippen LogP contribution in [0.25, 0.3) is 0 Å². The molecule has 0 radical (unpaired) electrons. The summed E-state index contributed by atoms with van der Waals surface area (Å²) in [4.78, 5) is 18.9. The van der Waals surface area contributed by atoms with Gasteiger partial charge in [-0.05, 0) is 38.0 Å². The van der Waals surface area contributed by atoms with Gasteiger partial charge in [-0.15, -0.1) is 0 Å². The molecule has 8 heteroatoms. The lowest BCUT2D eigenvalue weighted by Gasteiger charge is -2.32. The van der Waals surface area contributed by atoms with Gasteiger partial charge >= 0.3 is 5.69 Å². The molecule has 1 saturated carbocycles. The third-order valence-electron chi connectivity index (χ3n) is 4.31. The minimum Gasteiger partial charge on any atom is -0.361 e. The molecule has 0 saturated heterocycles. The van der Waals surface area contributed by atoms with Crippen molar-refractivity contribution in [1.29, 1.82) is 0 Å². The zero-order valence-corrected chi connectivity index (χ0v) is 12.6. The van der Waals surface area contributed by atoms with Crippen LogP contribution in [-0.2, 0) is 0 Å². The predicted molar refractivity (Wildman–Crippen MR) is 80.8 cm³/mol. The highest BCUT2D eigenvalue weighted by Gasteiger charge is 2.28. The minimum atomic E-state index is -0.452. The topological polar surface area (TPSA) is 119 Å². The molecule has 1 fully saturated rings. The van der Waals surface area contributed by atoms with Crippen LogP contribution in [0.4, 0.5) is 17.5 Å². The van der Waals surface area contributed by atoms with Crippen molar-refractivity contribution in [2.24, 2.45) is 17.7 Å². The first-order chi connectivity index (χ1) is 9.92. The molecule has 1 aromatic heterocycles. The van der Waals surface area contributed by atoms with Gasteiger partial charge in [-0.1, -0.05) is 13.8 Å². The lowest BCUT2D eigenvalue weighted by Crippen LogP contribution is -2.31. The van der Waals surface area contributed by atoms with E-state index in [2.05, 4.69) is 34.6 Å². The molecule has 3 unspecified atom stereocenters. The summed E-state index contributed by atoms with van der Waals surface area (Å²) in [6.45, 7) is 6.04. The molecule has 3 atom stereocenters. The van der Waals surface area contributed by atoms with Gasteiger partial charge in [-0.2, -0.15) is 4.98 Å². The number of aryl methyl sites for hydroxylation is 1. The molecule has 0 aromatic carbocycles. The molecule has 4 N–H and O–H groups in total. The van der Waals surface area contributed by atoms with Crippen LogP contribution >= 0.6 is 0 Å². The Hall–Kier alpha value is -1.96. The second-order valence-electron chi connectivity index (χ2n) is 5.84. The number of hydrogen-bond acceptors (Lipinski definition) is 7. The Bertz CT molecular complexity index is 536. The van der Waals surface area contributed by atoms with Crippen molar-refractivity contribution in [3.8, 4) is 0 Å². The van der Waals surface area contributed by atoms with Crippen molar-refractivity contribution in [2.45, 2.75) is 46.1 Å². The van der Waals surface area contributed by atoms with E-state index in [4.69, 9.17) is 5.84 Å². The van der Waals surface area contributed by atoms with Gasteiger partial charge in [0.05, 0.1) is 4.92 Å². The van der Waals surface area contributed by atoms with E-state index in [-0.39, 0.29) is 23.5 Å². The predicted octanol–water partition coefficient (Wildman–Crippen LogP) is 2.22. The van der Waals surface area contributed by atoms with Gasteiger partial charge in [0.2, 0.25) is 11.8 Å². The van der Waals surface area contributed by atoms with Crippen LogP contribution in [0.3, 0.4) is 0 Å². The van der Waals surface area contributed by atoms with Gasteiger partial charge in [0, 0.05) is 6.04 Å². The highest BCUT2D eigenvalue weighted by molar-refractivity contribution is 5.61. The quantitative estimate of drug-likeness (QED) is 0.442. The number of hydrazine groups is 1. The van der Waals surface area contributed by atoms with Crippen molar-refractivity contribution in [2.75, 3.05) is 10.7 Å². The minimum absolute atomic E-state index is 0.0831. The molecule has 116 valence electrons. The van der Waals surface area contributed by atoms with Gasteiger partial charge in [-0.3, -0.25) is 15.5 Å². The smallest absolute Gasteiger partial charge is 0.332 e. The number of nitrogens with one attached hydrogen (secondary N) is 2. The molecule has 0 amide bonds. The highest BCUT2D eigenvalue weighted by Crippen LogP contribution is 2.33. The van der Waals surface area contributed by atoms with Crippen LogP contribution in [0.15, 0.2) is 0 Å². The summed E-state index contributed by atoms with van der Waals surface area (Å²) in [6, 6.07) is 0.190. The monoisotopic (exact) mass is 294 g/mol. The fourth-order valence-electron chi connectivity index (χ4n) is 2.82. The molecule has 1 aliphatic rings. The SMILES string of the molecule is Cc1nc(NN)nc(NC2CCC(C)C(C)C2)c1[N+](=O)[O-]. The van der Waals surface area contributed by atoms with Crippen LogP contribution in [0.1, 0.15) is 38.8 Å². The van der Waals surface area contributed by atoms with Crippen molar-refractivity contribution in [1.82, 2.24) is 9.97 Å². The number of anilines is 2. The maximum absolute atomic E-state index is 11.2. The second kappa shape index (κ2) is 6.21. The third-order valence-corrected chi connectivity index (χ3v) is 4.31. The number of hydrogen-bond donors (Lipinski definition) is 3. The molecular weight excluding hydrogens is 272 g/mol. The normalized spacial score (nSPS) is 25.4. The molecule has 0 bridgehead atoms. The summed E-state index contributed by atoms with van der Waals surface area (Å²) in [5.74, 6) is 7.01. The van der Waals surface area contributed by atoms with Crippen LogP contribution in [0.2, 0.25) is 0 Å². The summed E-state index contributed by atoms with van der Waals surface area (Å²) >= 11 is 0. The van der Waals surface area contributed by atoms with Crippen molar-refractivity contribution in [3.05, 3.63) is 15.8 Å². The summed E-state index contributed by atoms with van der Waals surface area (Å²) in [6.07, 6.45) is 3.07. The summed E-state index contributed by atoms with van der Waals surface area (Å²) in [5.41, 5.74) is 2.55. The second-order valence-corrected chi connectivity index (χ2v) is 5.84. The average molecular weight is 294 g/mol. The van der Waals surface area contributed by atoms with Gasteiger partial charge in [0.25, 0.3) is 0 Å². The van der Waals surface area contributed by atoms with Crippen molar-refractivity contribution >= 4 is 17.5 Å². The number of nitrogens with zero attached hydrogens (tertiary/aromatic N) is 3. The lowest BCUT2D eigenvalue weighted by molar-refractivity contribution is -0.385. The molecule has 0 aliphatic heterocycles. The first-order valence-electron chi connectivity index (χ1n) is 7.18. The van der Waals surface area contributed by atoms with E-state index in [0.29, 0.717) is 17.5 Å². The average Bonchev–Trinajstić information content (AvgIpc) is 2.41. The van der Waals surface area contributed by atoms with E-state index < -0.39 is 4.92 Å². The van der Waals surface area contributed by atoms with E-state index in [1.807, 2.05) is 0 Å². The van der Waals surface area contributed by atoms with Gasteiger partial charge < -0.3 is 5.32 Å². The maximum Gasteiger partial charge on any atom is 0.332 e. The fourth-order valence-corrected chi connectivity index (χ4v) is 2.82. The number of nitrogen functional groups attached to an aromatic ring is 1. The van der Waals surface area contributed by atoms with Crippen LogP contribution in [0.5, 0.6) is 0 Å². The summed E-state index contributed by atoms with van der Waals surface area (Å²) in [7, 11) is 0. The van der Waals surface area contributed by atoms with Crippen LogP contribution < -0.4 is 16.6 Å². The number of rotatable bonds is 4. The number of nitrogens with two attached hydrogens (primary N) is 1. The zero-order chi connectivity index (χ0) is 15.6. The van der Waals surface area contributed by atoms with Crippen molar-refractivity contribution < 1.29 is 4.92 Å². The van der Waals surface area contributed by atoms with Crippen molar-refractivity contribution in [3.63, 3.8) is 0 Å². The first-order valence-corrected chi connectivity index (χ1v) is 7.18. The van der Waals surface area contributed by atoms with E-state index >= 15 is 0 Å². The number of nitro groups is 1. The molecular formula is C13H22N6O2. The molecule has 8 nitrogen and oxygen atoms in total. The molecule has 1 aromatic rings. The van der Waals surface area contributed by atoms with E-state index in [1.54, 1.807) is 6.92 Å². The number of aromatic nitrogens is 2. The molecule has 0 spiro atoms. The van der Waals surface area contributed by atoms with E-state index in [0.717, 1.165) is 19.3 Å². The van der Waals surface area contributed by atoms with Gasteiger partial charge in [0.1, 0.15) is 5.69 Å². The van der Waals surface area contributed by atoms with E-state index in [1.165, 1.54) is 0 Å². The molecule has 1 heterocycles. The first kappa shape index (κ1) is 15.4. The Morgan fingerprint density at radius 2 is 2.00 bits per heavy atom. The third kappa shape index (κ3) is 3.38. The van der Waals surface area contributed by atoms with Crippen LogP contribution in [-0.4, -0.2) is 20.9 Å². The van der Waals surface area contributed by atoms with Crippen LogP contribution in [0, 0.1) is 28.9 Å². The molecule has 2 rings (SSSR count). The van der Waals surface area contributed by atoms with E-state index in [9.17, 15) is 10.1 Å². The molecule has 21 heavy (non-hydrogen) atoms. The molecule has 1 aliphatic carbocycles. The summed E-state index contributed by atoms with van der Waals surface area (Å²) < 4.78 is 0. The Labute approximate surface area is 123 Å². The Morgan fingerprint density at radius 1 is 1.29 bits per heavy atom. The standard InChI is InChI=1S/C13H22N6O2/c1-7-4-5-10(6-8(7)2)16-12-11(19(20)21)9(3)15-13(17-12)18-14/h7-8,10H,4-6,14H2,1-3H3,(H2,15,16,17,18). The van der Waals surface area contributed by atoms with Gasteiger partial charge in [-0.25, -0.2) is 10.8 Å². The fraction of sp³-hybridized carbons (Fsp3) is 0.692. The zero-order valence-electron chi connectivity index (χ0n) is 12.6. The Kier molecular flexibility index (Phi) is 4.56. The highest BCUT2D eigenvalue weighted by atomic mass is 16.6. The maximum atomic E-state index is 11.2. The lowest BCUT2D eigenvalue weighted by atomic mass is 9.79.